The van der Waals surface area contributed by atoms with Gasteiger partial charge in [-0.2, -0.15) is 5.10 Å². The van der Waals surface area contributed by atoms with Gasteiger partial charge in [0.2, 0.25) is 0 Å². The topological polar surface area (TPSA) is 95.9 Å². The van der Waals surface area contributed by atoms with Crippen LogP contribution in [-0.2, 0) is 9.53 Å². The van der Waals surface area contributed by atoms with Crippen LogP contribution >= 0.6 is 11.3 Å². The van der Waals surface area contributed by atoms with Gasteiger partial charge in [0.1, 0.15) is 6.54 Å². The van der Waals surface area contributed by atoms with Crippen molar-refractivity contribution in [2.45, 2.75) is 32.4 Å². The Bertz CT molecular complexity index is 1120. The second-order valence-electron chi connectivity index (χ2n) is 9.58. The summed E-state index contributed by atoms with van der Waals surface area (Å²) in [6.45, 7) is 7.83. The van der Waals surface area contributed by atoms with Gasteiger partial charge in [-0.05, 0) is 43.0 Å². The third-order valence-corrected chi connectivity index (χ3v) is 7.50. The van der Waals surface area contributed by atoms with Crippen molar-refractivity contribution < 1.29 is 23.8 Å². The second-order valence-corrected chi connectivity index (χ2v) is 10.5. The summed E-state index contributed by atoms with van der Waals surface area (Å²) >= 11 is 1.59. The van der Waals surface area contributed by atoms with Gasteiger partial charge in [-0.25, -0.2) is 9.80 Å². The smallest absolute Gasteiger partial charge is 0.318 e. The molecule has 3 heterocycles. The highest BCUT2D eigenvalue weighted by molar-refractivity contribution is 7.12. The molecule has 0 unspecified atom stereocenters. The Balaban J connectivity index is 1.57. The Morgan fingerprint density at radius 1 is 1.18 bits per heavy atom. The van der Waals surface area contributed by atoms with E-state index in [4.69, 9.17) is 19.3 Å². The molecule has 1 saturated heterocycles. The monoisotopic (exact) mass is 543 g/mol. The summed E-state index contributed by atoms with van der Waals surface area (Å²) in [7, 11) is 3.18. The van der Waals surface area contributed by atoms with E-state index in [0.717, 1.165) is 29.2 Å². The van der Waals surface area contributed by atoms with Crippen molar-refractivity contribution in [1.82, 2.24) is 20.1 Å². The number of nitrogens with one attached hydrogen (secondary N) is 1. The Hall–Kier alpha value is -3.15. The van der Waals surface area contributed by atoms with Crippen molar-refractivity contribution in [1.29, 1.82) is 0 Å². The highest BCUT2D eigenvalue weighted by Gasteiger charge is 2.35. The summed E-state index contributed by atoms with van der Waals surface area (Å²) < 4.78 is 16.4. The molecule has 3 amide bonds. The Labute approximate surface area is 228 Å². The first-order valence-electron chi connectivity index (χ1n) is 12.9. The predicted molar refractivity (Wildman–Crippen MR) is 147 cm³/mol. The van der Waals surface area contributed by atoms with Crippen LogP contribution in [0.2, 0.25) is 0 Å². The van der Waals surface area contributed by atoms with Gasteiger partial charge in [-0.1, -0.05) is 12.1 Å². The van der Waals surface area contributed by atoms with Crippen LogP contribution in [0.1, 0.15) is 36.8 Å². The second kappa shape index (κ2) is 13.1. The normalized spacial score (nSPS) is 17.9. The van der Waals surface area contributed by atoms with E-state index in [2.05, 4.69) is 10.2 Å². The molecule has 1 atom stereocenters. The summed E-state index contributed by atoms with van der Waals surface area (Å²) in [4.78, 5) is 31.7. The number of carbonyl (C=O) groups excluding carboxylic acids is 2. The molecule has 2 aliphatic heterocycles. The van der Waals surface area contributed by atoms with Crippen LogP contribution in [0.15, 0.2) is 40.8 Å². The standard InChI is InChI=1S/C27H37N5O5S/c1-19(2)28-27(34)31(10-9-30-11-13-37-14-12-30)18-26(33)32-22(17-21(29-32)25-6-5-15-38-25)20-7-8-23(35-3)24(16-20)36-4/h5-8,15-16,19,22H,9-14,17-18H2,1-4H3,(H,28,34)/t22-/m0/s1. The molecule has 1 aromatic carbocycles. The summed E-state index contributed by atoms with van der Waals surface area (Å²) in [6.07, 6.45) is 0.563. The number of methoxy groups -OCH3 is 2. The summed E-state index contributed by atoms with van der Waals surface area (Å²) in [5.74, 6) is 0.966. The number of thiophene rings is 1. The molecule has 4 rings (SSSR count). The van der Waals surface area contributed by atoms with E-state index in [0.29, 0.717) is 44.2 Å². The maximum Gasteiger partial charge on any atom is 0.318 e. The van der Waals surface area contributed by atoms with Crippen LogP contribution < -0.4 is 14.8 Å². The number of hydrazone groups is 1. The van der Waals surface area contributed by atoms with E-state index in [1.54, 1.807) is 30.5 Å². The van der Waals surface area contributed by atoms with Gasteiger partial charge in [-0.15, -0.1) is 11.3 Å². The van der Waals surface area contributed by atoms with Crippen molar-refractivity contribution in [2.75, 3.05) is 60.2 Å². The first-order valence-corrected chi connectivity index (χ1v) is 13.8. The molecule has 2 aliphatic rings. The van der Waals surface area contributed by atoms with Crippen molar-refractivity contribution in [2.24, 2.45) is 5.10 Å². The fraction of sp³-hybridized carbons (Fsp3) is 0.519. The number of carbonyl (C=O) groups is 2. The molecule has 1 N–H and O–H groups in total. The number of hydrogen-bond acceptors (Lipinski definition) is 8. The van der Waals surface area contributed by atoms with Crippen LogP contribution in [0.4, 0.5) is 4.79 Å². The van der Waals surface area contributed by atoms with Crippen LogP contribution in [0.5, 0.6) is 11.5 Å². The molecule has 1 fully saturated rings. The van der Waals surface area contributed by atoms with E-state index in [9.17, 15) is 9.59 Å². The highest BCUT2D eigenvalue weighted by Crippen LogP contribution is 2.38. The SMILES string of the molecule is COc1ccc([C@@H]2CC(c3cccs3)=NN2C(=O)CN(CCN2CCOCC2)C(=O)NC(C)C)cc1OC. The number of amides is 3. The van der Waals surface area contributed by atoms with Crippen molar-refractivity contribution in [3.05, 3.63) is 46.2 Å². The van der Waals surface area contributed by atoms with Crippen LogP contribution in [0.25, 0.3) is 0 Å². The molecule has 0 spiro atoms. The zero-order chi connectivity index (χ0) is 27.1. The first kappa shape index (κ1) is 27.9. The van der Waals surface area contributed by atoms with Gasteiger partial charge < -0.3 is 24.4 Å². The quantitative estimate of drug-likeness (QED) is 0.495. The lowest BCUT2D eigenvalue weighted by molar-refractivity contribution is -0.133. The third kappa shape index (κ3) is 6.83. The first-order chi connectivity index (χ1) is 18.4. The number of ether oxygens (including phenoxy) is 3. The van der Waals surface area contributed by atoms with E-state index in [1.165, 1.54) is 5.01 Å². The van der Waals surface area contributed by atoms with Crippen LogP contribution in [0.3, 0.4) is 0 Å². The van der Waals surface area contributed by atoms with Gasteiger partial charge in [-0.3, -0.25) is 9.69 Å². The lowest BCUT2D eigenvalue weighted by Crippen LogP contribution is -2.50. The number of morpholine rings is 1. The number of hydrogen-bond donors (Lipinski definition) is 1. The zero-order valence-electron chi connectivity index (χ0n) is 22.5. The zero-order valence-corrected chi connectivity index (χ0v) is 23.3. The molecule has 38 heavy (non-hydrogen) atoms. The number of nitrogens with zero attached hydrogens (tertiary/aromatic N) is 4. The minimum Gasteiger partial charge on any atom is -0.493 e. The molecule has 1 aromatic heterocycles. The lowest BCUT2D eigenvalue weighted by atomic mass is 10.0. The largest absolute Gasteiger partial charge is 0.493 e. The number of rotatable bonds is 10. The molecule has 0 bridgehead atoms. The number of urea groups is 1. The Kier molecular flexibility index (Phi) is 9.59. The fourth-order valence-electron chi connectivity index (χ4n) is 4.56. The molecule has 11 heteroatoms. The maximum atomic E-state index is 13.8. The molecule has 0 saturated carbocycles. The van der Waals surface area contributed by atoms with Gasteiger partial charge in [0.05, 0.1) is 44.1 Å². The molecule has 0 aliphatic carbocycles. The van der Waals surface area contributed by atoms with Gasteiger partial charge >= 0.3 is 6.03 Å². The average Bonchev–Trinajstić information content (AvgIpc) is 3.61. The lowest BCUT2D eigenvalue weighted by Gasteiger charge is -2.31. The van der Waals surface area contributed by atoms with E-state index in [1.807, 2.05) is 49.6 Å². The van der Waals surface area contributed by atoms with Crippen molar-refractivity contribution >= 4 is 29.0 Å². The van der Waals surface area contributed by atoms with Gasteiger partial charge in [0.25, 0.3) is 5.91 Å². The predicted octanol–water partition coefficient (Wildman–Crippen LogP) is 3.20. The summed E-state index contributed by atoms with van der Waals surface area (Å²) in [6, 6.07) is 9.01. The average molecular weight is 544 g/mol. The summed E-state index contributed by atoms with van der Waals surface area (Å²) in [5, 5.41) is 11.2. The summed E-state index contributed by atoms with van der Waals surface area (Å²) in [5.41, 5.74) is 1.73. The van der Waals surface area contributed by atoms with Crippen LogP contribution in [-0.4, -0.2) is 98.7 Å². The molecule has 10 nitrogen and oxygen atoms in total. The van der Waals surface area contributed by atoms with Crippen LogP contribution in [0, 0.1) is 0 Å². The molecule has 2 aromatic rings. The molecule has 206 valence electrons. The third-order valence-electron chi connectivity index (χ3n) is 6.58. The van der Waals surface area contributed by atoms with E-state index in [-0.39, 0.29) is 30.6 Å². The fourth-order valence-corrected chi connectivity index (χ4v) is 5.29. The van der Waals surface area contributed by atoms with Crippen molar-refractivity contribution in [3.63, 3.8) is 0 Å². The van der Waals surface area contributed by atoms with Gasteiger partial charge in [0, 0.05) is 38.6 Å². The minimum atomic E-state index is -0.325. The molecule has 0 radical (unpaired) electrons. The Morgan fingerprint density at radius 3 is 2.61 bits per heavy atom. The minimum absolute atomic E-state index is 0.0433. The highest BCUT2D eigenvalue weighted by atomic mass is 32.1. The van der Waals surface area contributed by atoms with E-state index < -0.39 is 0 Å². The Morgan fingerprint density at radius 2 is 1.95 bits per heavy atom. The van der Waals surface area contributed by atoms with Crippen molar-refractivity contribution in [3.8, 4) is 11.5 Å². The number of benzene rings is 1. The maximum absolute atomic E-state index is 13.8. The molecular formula is C27H37N5O5S. The molecular weight excluding hydrogens is 506 g/mol. The van der Waals surface area contributed by atoms with Gasteiger partial charge in [0.15, 0.2) is 11.5 Å². The van der Waals surface area contributed by atoms with E-state index >= 15 is 0 Å².